The monoisotopic (exact) mass is 263 g/mol. The fraction of sp³-hybridized carbons (Fsp3) is 0.143. The molecule has 0 bridgehead atoms. The zero-order valence-corrected chi connectivity index (χ0v) is 10.8. The minimum atomic E-state index is 0.332. The Hall–Kier alpha value is -1.87. The third-order valence-corrected chi connectivity index (χ3v) is 2.93. The molecule has 0 aliphatic carbocycles. The van der Waals surface area contributed by atoms with E-state index >= 15 is 0 Å². The van der Waals surface area contributed by atoms with E-state index in [1.54, 1.807) is 19.2 Å². The Kier molecular flexibility index (Phi) is 3.95. The molecule has 0 aliphatic rings. The van der Waals surface area contributed by atoms with Crippen LogP contribution in [-0.4, -0.2) is 7.11 Å². The van der Waals surface area contributed by atoms with Crippen LogP contribution in [0, 0.1) is 0 Å². The lowest BCUT2D eigenvalue weighted by molar-refractivity contribution is 0.304. The number of rotatable bonds is 4. The van der Waals surface area contributed by atoms with Gasteiger partial charge in [-0.15, -0.1) is 0 Å². The summed E-state index contributed by atoms with van der Waals surface area (Å²) in [5, 5.41) is 0.609. The Morgan fingerprint density at radius 1 is 1.11 bits per heavy atom. The van der Waals surface area contributed by atoms with Crippen LogP contribution in [0.25, 0.3) is 0 Å². The van der Waals surface area contributed by atoms with Crippen molar-refractivity contribution in [3.05, 3.63) is 53.1 Å². The van der Waals surface area contributed by atoms with Crippen molar-refractivity contribution in [1.29, 1.82) is 0 Å². The Bertz CT molecular complexity index is 523. The molecule has 94 valence electrons. The van der Waals surface area contributed by atoms with Gasteiger partial charge in [0.1, 0.15) is 18.1 Å². The second-order valence-corrected chi connectivity index (χ2v) is 4.18. The summed E-state index contributed by atoms with van der Waals surface area (Å²) >= 11 is 6.07. The minimum absolute atomic E-state index is 0.332. The molecule has 0 aromatic heterocycles. The number of hydrogen-bond donors (Lipinski definition) is 1. The summed E-state index contributed by atoms with van der Waals surface area (Å²) in [6, 6.07) is 12.8. The van der Waals surface area contributed by atoms with E-state index in [0.717, 1.165) is 11.3 Å². The molecule has 2 rings (SSSR count). The maximum atomic E-state index is 6.07. The van der Waals surface area contributed by atoms with Crippen molar-refractivity contribution >= 4 is 17.3 Å². The Balaban J connectivity index is 2.11. The molecule has 2 aromatic carbocycles. The number of ether oxygens (including phenoxy) is 2. The van der Waals surface area contributed by atoms with Crippen molar-refractivity contribution in [3.63, 3.8) is 0 Å². The number of methoxy groups -OCH3 is 1. The van der Waals surface area contributed by atoms with Gasteiger partial charge in [0.05, 0.1) is 7.11 Å². The van der Waals surface area contributed by atoms with E-state index in [4.69, 9.17) is 26.8 Å². The summed E-state index contributed by atoms with van der Waals surface area (Å²) in [6.07, 6.45) is 0. The highest BCUT2D eigenvalue weighted by Crippen LogP contribution is 2.25. The third-order valence-electron chi connectivity index (χ3n) is 2.58. The molecule has 0 amide bonds. The Morgan fingerprint density at radius 3 is 2.56 bits per heavy atom. The van der Waals surface area contributed by atoms with Crippen LogP contribution in [0.3, 0.4) is 0 Å². The summed E-state index contributed by atoms with van der Waals surface area (Å²) in [7, 11) is 1.62. The lowest BCUT2D eigenvalue weighted by Gasteiger charge is -2.10. The predicted molar refractivity (Wildman–Crippen MR) is 73.2 cm³/mol. The van der Waals surface area contributed by atoms with Crippen LogP contribution in [0.4, 0.5) is 5.69 Å². The number of benzene rings is 2. The second kappa shape index (κ2) is 5.65. The molecule has 2 aromatic rings. The van der Waals surface area contributed by atoms with Crippen molar-refractivity contribution in [3.8, 4) is 11.5 Å². The van der Waals surface area contributed by atoms with E-state index in [-0.39, 0.29) is 0 Å². The Labute approximate surface area is 111 Å². The normalized spacial score (nSPS) is 10.1. The molecule has 18 heavy (non-hydrogen) atoms. The van der Waals surface area contributed by atoms with Gasteiger partial charge in [-0.2, -0.15) is 0 Å². The Morgan fingerprint density at radius 2 is 1.83 bits per heavy atom. The third kappa shape index (κ3) is 2.87. The molecule has 0 spiro atoms. The van der Waals surface area contributed by atoms with E-state index in [9.17, 15) is 0 Å². The highest BCUT2D eigenvalue weighted by Gasteiger charge is 2.05. The van der Waals surface area contributed by atoms with E-state index in [1.165, 1.54) is 0 Å². The number of hydrogen-bond acceptors (Lipinski definition) is 3. The topological polar surface area (TPSA) is 44.5 Å². The second-order valence-electron chi connectivity index (χ2n) is 3.78. The van der Waals surface area contributed by atoms with Gasteiger partial charge in [0.15, 0.2) is 0 Å². The van der Waals surface area contributed by atoms with Crippen LogP contribution in [0.1, 0.15) is 5.56 Å². The van der Waals surface area contributed by atoms with Crippen LogP contribution < -0.4 is 15.2 Å². The molecule has 3 nitrogen and oxygen atoms in total. The highest BCUT2D eigenvalue weighted by atomic mass is 35.5. The molecule has 0 unspecified atom stereocenters. The van der Waals surface area contributed by atoms with Crippen LogP contribution in [0.15, 0.2) is 42.5 Å². The largest absolute Gasteiger partial charge is 0.497 e. The van der Waals surface area contributed by atoms with Gasteiger partial charge in [-0.3, -0.25) is 0 Å². The van der Waals surface area contributed by atoms with Gasteiger partial charge >= 0.3 is 0 Å². The lowest BCUT2D eigenvalue weighted by Crippen LogP contribution is -2.01. The molecule has 0 saturated heterocycles. The van der Waals surface area contributed by atoms with E-state index in [2.05, 4.69) is 0 Å². The smallest absolute Gasteiger partial charge is 0.123 e. The van der Waals surface area contributed by atoms with Gasteiger partial charge in [0, 0.05) is 22.3 Å². The summed E-state index contributed by atoms with van der Waals surface area (Å²) in [5.74, 6) is 1.47. The molecular formula is C14H14ClNO2. The molecule has 0 heterocycles. The predicted octanol–water partition coefficient (Wildman–Crippen LogP) is 3.51. The van der Waals surface area contributed by atoms with Crippen molar-refractivity contribution < 1.29 is 9.47 Å². The van der Waals surface area contributed by atoms with Gasteiger partial charge in [-0.05, 0) is 24.3 Å². The number of nitrogen functional groups attached to an aromatic ring is 1. The van der Waals surface area contributed by atoms with Crippen molar-refractivity contribution in [2.45, 2.75) is 6.61 Å². The first kappa shape index (κ1) is 12.6. The first-order valence-corrected chi connectivity index (χ1v) is 5.88. The fourth-order valence-corrected chi connectivity index (χ4v) is 1.81. The summed E-state index contributed by atoms with van der Waals surface area (Å²) in [6.45, 7) is 0.332. The summed E-state index contributed by atoms with van der Waals surface area (Å²) in [4.78, 5) is 0. The molecule has 0 saturated carbocycles. The molecule has 0 fully saturated rings. The average molecular weight is 264 g/mol. The average Bonchev–Trinajstić information content (AvgIpc) is 2.38. The molecule has 2 N–H and O–H groups in total. The molecule has 0 aliphatic heterocycles. The van der Waals surface area contributed by atoms with Gasteiger partial charge in [0.2, 0.25) is 0 Å². The van der Waals surface area contributed by atoms with Crippen molar-refractivity contribution in [2.75, 3.05) is 12.8 Å². The zero-order valence-electron chi connectivity index (χ0n) is 10.0. The standard InChI is InChI=1S/C14H14ClNO2/c1-17-10-4-2-5-11(8-10)18-9-12-13(15)6-3-7-14(12)16/h2-8H,9,16H2,1H3. The van der Waals surface area contributed by atoms with Gasteiger partial charge < -0.3 is 15.2 Å². The van der Waals surface area contributed by atoms with Crippen LogP contribution >= 0.6 is 11.6 Å². The van der Waals surface area contributed by atoms with Crippen LogP contribution in [0.5, 0.6) is 11.5 Å². The fourth-order valence-electron chi connectivity index (χ4n) is 1.57. The zero-order chi connectivity index (χ0) is 13.0. The molecule has 4 heteroatoms. The molecule has 0 atom stereocenters. The number of anilines is 1. The number of halogens is 1. The van der Waals surface area contributed by atoms with Crippen molar-refractivity contribution in [2.24, 2.45) is 0 Å². The first-order chi connectivity index (χ1) is 8.70. The lowest BCUT2D eigenvalue weighted by atomic mass is 10.2. The van der Waals surface area contributed by atoms with Crippen LogP contribution in [0.2, 0.25) is 5.02 Å². The summed E-state index contributed by atoms with van der Waals surface area (Å²) in [5.41, 5.74) is 7.28. The van der Waals surface area contributed by atoms with E-state index in [1.807, 2.05) is 30.3 Å². The van der Waals surface area contributed by atoms with Crippen molar-refractivity contribution in [1.82, 2.24) is 0 Å². The van der Waals surface area contributed by atoms with Gasteiger partial charge in [-0.1, -0.05) is 23.7 Å². The molecule has 0 radical (unpaired) electrons. The quantitative estimate of drug-likeness (QED) is 0.859. The van der Waals surface area contributed by atoms with Gasteiger partial charge in [0.25, 0.3) is 0 Å². The van der Waals surface area contributed by atoms with E-state index in [0.29, 0.717) is 23.1 Å². The maximum absolute atomic E-state index is 6.07. The first-order valence-electron chi connectivity index (χ1n) is 5.50. The van der Waals surface area contributed by atoms with Crippen LogP contribution in [-0.2, 0) is 6.61 Å². The van der Waals surface area contributed by atoms with E-state index < -0.39 is 0 Å². The highest BCUT2D eigenvalue weighted by molar-refractivity contribution is 6.31. The minimum Gasteiger partial charge on any atom is -0.497 e. The molecular weight excluding hydrogens is 250 g/mol. The summed E-state index contributed by atoms with van der Waals surface area (Å²) < 4.78 is 10.8. The number of nitrogens with two attached hydrogens (primary N) is 1. The maximum Gasteiger partial charge on any atom is 0.123 e. The SMILES string of the molecule is COc1cccc(OCc2c(N)cccc2Cl)c1. The van der Waals surface area contributed by atoms with Gasteiger partial charge in [-0.25, -0.2) is 0 Å².